The molecule has 2 N–H and O–H groups in total. The van der Waals surface area contributed by atoms with E-state index in [0.717, 1.165) is 17.7 Å². The van der Waals surface area contributed by atoms with Gasteiger partial charge in [0.25, 0.3) is 5.91 Å². The number of benzene rings is 1. The number of aryl methyl sites for hydroxylation is 1. The number of ether oxygens (including phenoxy) is 1. The summed E-state index contributed by atoms with van der Waals surface area (Å²) in [5.41, 5.74) is 2.11. The van der Waals surface area contributed by atoms with Crippen molar-refractivity contribution in [3.05, 3.63) is 47.8 Å². The number of rotatable bonds is 6. The van der Waals surface area contributed by atoms with Crippen molar-refractivity contribution in [2.24, 2.45) is 0 Å². The maximum Gasteiger partial charge on any atom is 0.257 e. The molecule has 1 aromatic carbocycles. The highest BCUT2D eigenvalue weighted by molar-refractivity contribution is 5.77. The molecule has 0 spiro atoms. The van der Waals surface area contributed by atoms with Crippen molar-refractivity contribution in [1.82, 2.24) is 15.5 Å². The molecule has 1 amide bonds. The highest BCUT2D eigenvalue weighted by Crippen LogP contribution is 2.11. The average molecular weight is 259 g/mol. The van der Waals surface area contributed by atoms with E-state index in [1.807, 2.05) is 37.3 Å². The van der Waals surface area contributed by atoms with E-state index in [2.05, 4.69) is 15.5 Å². The smallest absolute Gasteiger partial charge is 0.257 e. The van der Waals surface area contributed by atoms with Crippen LogP contribution in [0.5, 0.6) is 5.75 Å². The van der Waals surface area contributed by atoms with Gasteiger partial charge < -0.3 is 10.1 Å². The predicted molar refractivity (Wildman–Crippen MR) is 72.0 cm³/mol. The van der Waals surface area contributed by atoms with E-state index in [0.29, 0.717) is 12.3 Å². The number of nitrogens with one attached hydrogen (secondary N) is 2. The summed E-state index contributed by atoms with van der Waals surface area (Å²) >= 11 is 0. The van der Waals surface area contributed by atoms with Gasteiger partial charge >= 0.3 is 0 Å². The van der Waals surface area contributed by atoms with Crippen molar-refractivity contribution in [3.8, 4) is 5.75 Å². The first-order valence-electron chi connectivity index (χ1n) is 6.18. The first-order chi connectivity index (χ1) is 9.24. The van der Waals surface area contributed by atoms with E-state index < -0.39 is 0 Å². The van der Waals surface area contributed by atoms with Gasteiger partial charge in [-0.25, -0.2) is 0 Å². The molecule has 1 aromatic heterocycles. The van der Waals surface area contributed by atoms with E-state index in [1.54, 1.807) is 6.20 Å². The zero-order chi connectivity index (χ0) is 13.5. The summed E-state index contributed by atoms with van der Waals surface area (Å²) in [5, 5.41) is 9.48. The van der Waals surface area contributed by atoms with E-state index >= 15 is 0 Å². The van der Waals surface area contributed by atoms with Crippen LogP contribution in [0.4, 0.5) is 0 Å². The standard InChI is InChI=1S/C14H17N3O2/c1-11-3-2-4-13(9-11)19-10-14(18)15-7-5-12-6-8-16-17-12/h2-4,6,8-9H,5,7,10H2,1H3,(H,15,18)(H,16,17). The summed E-state index contributed by atoms with van der Waals surface area (Å²) in [6, 6.07) is 9.51. The molecule has 0 aliphatic rings. The lowest BCUT2D eigenvalue weighted by Gasteiger charge is -2.07. The van der Waals surface area contributed by atoms with E-state index in [-0.39, 0.29) is 12.5 Å². The lowest BCUT2D eigenvalue weighted by atomic mass is 10.2. The zero-order valence-corrected chi connectivity index (χ0v) is 10.8. The largest absolute Gasteiger partial charge is 0.484 e. The Morgan fingerprint density at radius 1 is 1.42 bits per heavy atom. The highest BCUT2D eigenvalue weighted by atomic mass is 16.5. The summed E-state index contributed by atoms with van der Waals surface area (Å²) in [6.45, 7) is 2.59. The molecule has 0 atom stereocenters. The van der Waals surface area contributed by atoms with Gasteiger partial charge in [0.2, 0.25) is 0 Å². The molecule has 0 bridgehead atoms. The topological polar surface area (TPSA) is 67.0 Å². The van der Waals surface area contributed by atoms with Crippen molar-refractivity contribution in [3.63, 3.8) is 0 Å². The van der Waals surface area contributed by atoms with Gasteiger partial charge in [-0.05, 0) is 30.7 Å². The minimum absolute atomic E-state index is 0.0342. The van der Waals surface area contributed by atoms with Crippen molar-refractivity contribution < 1.29 is 9.53 Å². The van der Waals surface area contributed by atoms with Gasteiger partial charge in [0.15, 0.2) is 6.61 Å². The number of carbonyl (C=O) groups is 1. The van der Waals surface area contributed by atoms with Crippen LogP contribution in [0.1, 0.15) is 11.3 Å². The molecule has 1 heterocycles. The van der Waals surface area contributed by atoms with Crippen molar-refractivity contribution >= 4 is 5.91 Å². The van der Waals surface area contributed by atoms with Crippen LogP contribution in [0.15, 0.2) is 36.5 Å². The number of nitrogens with zero attached hydrogens (tertiary/aromatic N) is 1. The quantitative estimate of drug-likeness (QED) is 0.825. The van der Waals surface area contributed by atoms with Gasteiger partial charge in [-0.2, -0.15) is 5.10 Å². The lowest BCUT2D eigenvalue weighted by molar-refractivity contribution is -0.123. The number of amides is 1. The fourth-order valence-corrected chi connectivity index (χ4v) is 1.67. The number of hydrogen-bond acceptors (Lipinski definition) is 3. The molecule has 5 heteroatoms. The van der Waals surface area contributed by atoms with Crippen LogP contribution in [-0.2, 0) is 11.2 Å². The third kappa shape index (κ3) is 4.46. The molecule has 0 unspecified atom stereocenters. The summed E-state index contributed by atoms with van der Waals surface area (Å²) in [5.74, 6) is 0.588. The maximum absolute atomic E-state index is 11.6. The second-order valence-corrected chi connectivity index (χ2v) is 4.29. The monoisotopic (exact) mass is 259 g/mol. The van der Waals surface area contributed by atoms with Gasteiger partial charge in [0, 0.05) is 24.9 Å². The molecule has 5 nitrogen and oxygen atoms in total. The fraction of sp³-hybridized carbons (Fsp3) is 0.286. The van der Waals surface area contributed by atoms with E-state index in [1.165, 1.54) is 0 Å². The lowest BCUT2D eigenvalue weighted by Crippen LogP contribution is -2.30. The van der Waals surface area contributed by atoms with Crippen LogP contribution in [-0.4, -0.2) is 29.3 Å². The number of carbonyl (C=O) groups excluding carboxylic acids is 1. The first kappa shape index (κ1) is 13.1. The third-order valence-corrected chi connectivity index (χ3v) is 2.63. The van der Waals surface area contributed by atoms with Crippen LogP contribution >= 0.6 is 0 Å². The zero-order valence-electron chi connectivity index (χ0n) is 10.8. The molecule has 2 rings (SSSR count). The fourth-order valence-electron chi connectivity index (χ4n) is 1.67. The molecule has 0 saturated heterocycles. The molecule has 100 valence electrons. The van der Waals surface area contributed by atoms with Gasteiger partial charge in [0.1, 0.15) is 5.75 Å². The van der Waals surface area contributed by atoms with Gasteiger partial charge in [-0.1, -0.05) is 12.1 Å². The Balaban J connectivity index is 1.67. The van der Waals surface area contributed by atoms with Crippen LogP contribution in [0.25, 0.3) is 0 Å². The average Bonchev–Trinajstić information content (AvgIpc) is 2.90. The minimum atomic E-state index is -0.124. The molecule has 0 aliphatic carbocycles. The second kappa shape index (κ2) is 6.58. The minimum Gasteiger partial charge on any atom is -0.484 e. The summed E-state index contributed by atoms with van der Waals surface area (Å²) in [4.78, 5) is 11.6. The van der Waals surface area contributed by atoms with E-state index in [4.69, 9.17) is 4.74 Å². The summed E-state index contributed by atoms with van der Waals surface area (Å²) in [6.07, 6.45) is 2.42. The Morgan fingerprint density at radius 3 is 3.05 bits per heavy atom. The normalized spacial score (nSPS) is 10.2. The SMILES string of the molecule is Cc1cccc(OCC(=O)NCCc2ccn[nH]2)c1. The van der Waals surface area contributed by atoms with Crippen LogP contribution in [0.2, 0.25) is 0 Å². The summed E-state index contributed by atoms with van der Waals surface area (Å²) < 4.78 is 5.40. The van der Waals surface area contributed by atoms with Crippen molar-refractivity contribution in [2.45, 2.75) is 13.3 Å². The predicted octanol–water partition coefficient (Wildman–Crippen LogP) is 1.46. The second-order valence-electron chi connectivity index (χ2n) is 4.29. The molecular formula is C14H17N3O2. The van der Waals surface area contributed by atoms with Gasteiger partial charge in [-0.3, -0.25) is 9.89 Å². The van der Waals surface area contributed by atoms with Crippen LogP contribution in [0, 0.1) is 6.92 Å². The Kier molecular flexibility index (Phi) is 4.55. The van der Waals surface area contributed by atoms with Crippen molar-refractivity contribution in [1.29, 1.82) is 0 Å². The summed E-state index contributed by atoms with van der Waals surface area (Å²) in [7, 11) is 0. The van der Waals surface area contributed by atoms with Crippen LogP contribution < -0.4 is 10.1 Å². The number of aromatic amines is 1. The molecule has 19 heavy (non-hydrogen) atoms. The Morgan fingerprint density at radius 2 is 2.32 bits per heavy atom. The van der Waals surface area contributed by atoms with Crippen LogP contribution in [0.3, 0.4) is 0 Å². The molecule has 0 aliphatic heterocycles. The van der Waals surface area contributed by atoms with Gasteiger partial charge in [-0.15, -0.1) is 0 Å². The number of H-pyrrole nitrogens is 1. The van der Waals surface area contributed by atoms with Gasteiger partial charge in [0.05, 0.1) is 0 Å². The molecular weight excluding hydrogens is 242 g/mol. The number of aromatic nitrogens is 2. The first-order valence-corrected chi connectivity index (χ1v) is 6.18. The Labute approximate surface area is 112 Å². The Hall–Kier alpha value is -2.30. The highest BCUT2D eigenvalue weighted by Gasteiger charge is 2.02. The van der Waals surface area contributed by atoms with Crippen molar-refractivity contribution in [2.75, 3.05) is 13.2 Å². The molecule has 0 saturated carbocycles. The third-order valence-electron chi connectivity index (χ3n) is 2.63. The molecule has 0 fully saturated rings. The molecule has 0 radical (unpaired) electrons. The Bertz CT molecular complexity index is 523. The van der Waals surface area contributed by atoms with E-state index in [9.17, 15) is 4.79 Å². The molecule has 2 aromatic rings. The maximum atomic E-state index is 11.6. The number of hydrogen-bond donors (Lipinski definition) is 2.